The molecule has 9 heteroatoms. The number of piperidine rings is 1. The molecule has 1 fully saturated rings. The molecule has 34 heavy (non-hydrogen) atoms. The molecule has 0 spiro atoms. The Kier molecular flexibility index (Phi) is 6.14. The van der Waals surface area contributed by atoms with Crippen LogP contribution in [0.25, 0.3) is 21.1 Å². The van der Waals surface area contributed by atoms with Crippen LogP contribution in [0.1, 0.15) is 45.4 Å². The maximum Gasteiger partial charge on any atom is 0.264 e. The summed E-state index contributed by atoms with van der Waals surface area (Å²) >= 11 is 1.40. The predicted octanol–water partition coefficient (Wildman–Crippen LogP) is 4.66. The van der Waals surface area contributed by atoms with Crippen molar-refractivity contribution in [1.29, 1.82) is 0 Å². The maximum absolute atomic E-state index is 13.5. The van der Waals surface area contributed by atoms with Crippen molar-refractivity contribution in [2.24, 2.45) is 0 Å². The molecule has 1 aliphatic heterocycles. The Hall–Kier alpha value is -3.17. The molecule has 4 aromatic rings. The van der Waals surface area contributed by atoms with Gasteiger partial charge in [-0.05, 0) is 55.0 Å². The summed E-state index contributed by atoms with van der Waals surface area (Å²) < 4.78 is 16.1. The van der Waals surface area contributed by atoms with E-state index in [0.29, 0.717) is 42.2 Å². The van der Waals surface area contributed by atoms with E-state index in [9.17, 15) is 4.79 Å². The molecule has 0 atom stereocenters. The molecule has 0 radical (unpaired) electrons. The second-order valence-corrected chi connectivity index (χ2v) is 9.54. The topological polar surface area (TPSA) is 89.6 Å². The number of aromatic nitrogens is 3. The molecule has 0 aliphatic carbocycles. The van der Waals surface area contributed by atoms with Gasteiger partial charge in [0.15, 0.2) is 5.82 Å². The third-order valence-corrected chi connectivity index (χ3v) is 7.78. The normalized spacial score (nSPS) is 14.8. The Bertz CT molecular complexity index is 1350. The third-order valence-electron chi connectivity index (χ3n) is 6.61. The van der Waals surface area contributed by atoms with Crippen molar-refractivity contribution < 1.29 is 19.0 Å². The van der Waals surface area contributed by atoms with Crippen LogP contribution in [0.5, 0.6) is 11.6 Å². The number of hydrogen-bond acceptors (Lipinski definition) is 7. The SMILES string of the molecule is COCc1nc(OC)c2c(C)c(C(=O)N3CCC(c4c[nH]c5ccc(OC)cc45)CC3)sc2n1. The smallest absolute Gasteiger partial charge is 0.264 e. The quantitative estimate of drug-likeness (QED) is 0.432. The number of amides is 1. The van der Waals surface area contributed by atoms with E-state index in [2.05, 4.69) is 33.3 Å². The van der Waals surface area contributed by atoms with Crippen molar-refractivity contribution in [1.82, 2.24) is 19.9 Å². The Morgan fingerprint density at radius 3 is 2.68 bits per heavy atom. The lowest BCUT2D eigenvalue weighted by Gasteiger charge is -2.32. The number of thiophene rings is 1. The molecule has 1 aliphatic rings. The summed E-state index contributed by atoms with van der Waals surface area (Å²) in [4.78, 5) is 29.3. The average Bonchev–Trinajstić information content (AvgIpc) is 3.44. The predicted molar refractivity (Wildman–Crippen MR) is 132 cm³/mol. The lowest BCUT2D eigenvalue weighted by Crippen LogP contribution is -2.37. The second-order valence-electron chi connectivity index (χ2n) is 8.54. The molecule has 5 rings (SSSR count). The lowest BCUT2D eigenvalue weighted by molar-refractivity contribution is 0.0717. The fourth-order valence-corrected chi connectivity index (χ4v) is 5.97. The summed E-state index contributed by atoms with van der Waals surface area (Å²) in [6.45, 7) is 3.66. The van der Waals surface area contributed by atoms with Crippen LogP contribution in [0, 0.1) is 6.92 Å². The number of nitrogens with zero attached hydrogens (tertiary/aromatic N) is 3. The summed E-state index contributed by atoms with van der Waals surface area (Å²) in [6, 6.07) is 6.11. The maximum atomic E-state index is 13.5. The van der Waals surface area contributed by atoms with Gasteiger partial charge >= 0.3 is 0 Å². The number of hydrogen-bond donors (Lipinski definition) is 1. The van der Waals surface area contributed by atoms with E-state index >= 15 is 0 Å². The minimum Gasteiger partial charge on any atom is -0.497 e. The van der Waals surface area contributed by atoms with Gasteiger partial charge in [0.05, 0.1) is 24.5 Å². The second kappa shape index (κ2) is 9.23. The van der Waals surface area contributed by atoms with E-state index in [1.807, 2.05) is 17.9 Å². The molecule has 3 aromatic heterocycles. The van der Waals surface area contributed by atoms with Crippen molar-refractivity contribution >= 4 is 38.4 Å². The molecular weight excluding hydrogens is 452 g/mol. The fourth-order valence-electron chi connectivity index (χ4n) is 4.81. The summed E-state index contributed by atoms with van der Waals surface area (Å²) in [7, 11) is 4.88. The van der Waals surface area contributed by atoms with Gasteiger partial charge in [-0.15, -0.1) is 11.3 Å². The third kappa shape index (κ3) is 3.88. The Labute approximate surface area is 201 Å². The summed E-state index contributed by atoms with van der Waals surface area (Å²) in [5, 5.41) is 2.00. The summed E-state index contributed by atoms with van der Waals surface area (Å²) in [5.74, 6) is 2.33. The number of aryl methyl sites for hydroxylation is 1. The first-order valence-corrected chi connectivity index (χ1v) is 12.1. The van der Waals surface area contributed by atoms with Gasteiger partial charge in [0.25, 0.3) is 5.91 Å². The van der Waals surface area contributed by atoms with E-state index in [1.165, 1.54) is 22.3 Å². The van der Waals surface area contributed by atoms with Crippen LogP contribution in [0.2, 0.25) is 0 Å². The molecule has 1 amide bonds. The van der Waals surface area contributed by atoms with Crippen LogP contribution in [0.3, 0.4) is 0 Å². The number of fused-ring (bicyclic) bond motifs is 2. The van der Waals surface area contributed by atoms with Crippen molar-refractivity contribution in [2.45, 2.75) is 32.3 Å². The minimum atomic E-state index is 0.0508. The van der Waals surface area contributed by atoms with E-state index in [-0.39, 0.29) is 5.91 Å². The number of H-pyrrole nitrogens is 1. The van der Waals surface area contributed by atoms with Gasteiger partial charge in [-0.2, -0.15) is 4.98 Å². The number of carbonyl (C=O) groups is 1. The number of methoxy groups -OCH3 is 3. The number of benzene rings is 1. The molecule has 8 nitrogen and oxygen atoms in total. The highest BCUT2D eigenvalue weighted by Crippen LogP contribution is 2.38. The van der Waals surface area contributed by atoms with Gasteiger partial charge in [-0.25, -0.2) is 4.98 Å². The zero-order valence-corrected chi connectivity index (χ0v) is 20.6. The molecule has 0 unspecified atom stereocenters. The molecule has 1 saturated heterocycles. The van der Waals surface area contributed by atoms with Crippen LogP contribution in [-0.2, 0) is 11.3 Å². The summed E-state index contributed by atoms with van der Waals surface area (Å²) in [6.07, 6.45) is 3.94. The van der Waals surface area contributed by atoms with Gasteiger partial charge in [0.1, 0.15) is 17.2 Å². The molecule has 4 heterocycles. The van der Waals surface area contributed by atoms with Crippen LogP contribution in [0.15, 0.2) is 24.4 Å². The zero-order chi connectivity index (χ0) is 23.8. The van der Waals surface area contributed by atoms with E-state index < -0.39 is 0 Å². The van der Waals surface area contributed by atoms with Crippen LogP contribution in [0.4, 0.5) is 0 Å². The van der Waals surface area contributed by atoms with Crippen molar-refractivity contribution in [2.75, 3.05) is 34.4 Å². The Morgan fingerprint density at radius 1 is 1.18 bits per heavy atom. The number of carbonyl (C=O) groups excluding carboxylic acids is 1. The Balaban J connectivity index is 1.37. The highest BCUT2D eigenvalue weighted by Gasteiger charge is 2.29. The fraction of sp³-hybridized carbons (Fsp3) is 0.400. The number of likely N-dealkylation sites (tertiary alicyclic amines) is 1. The molecule has 1 N–H and O–H groups in total. The van der Waals surface area contributed by atoms with Gasteiger partial charge in [-0.3, -0.25) is 4.79 Å². The van der Waals surface area contributed by atoms with E-state index in [4.69, 9.17) is 14.2 Å². The minimum absolute atomic E-state index is 0.0508. The summed E-state index contributed by atoms with van der Waals surface area (Å²) in [5.41, 5.74) is 3.28. The number of ether oxygens (including phenoxy) is 3. The first kappa shape index (κ1) is 22.6. The Morgan fingerprint density at radius 2 is 1.97 bits per heavy atom. The average molecular weight is 481 g/mol. The van der Waals surface area contributed by atoms with Crippen molar-refractivity contribution in [3.8, 4) is 11.6 Å². The zero-order valence-electron chi connectivity index (χ0n) is 19.8. The van der Waals surface area contributed by atoms with Crippen molar-refractivity contribution in [3.63, 3.8) is 0 Å². The van der Waals surface area contributed by atoms with Crippen molar-refractivity contribution in [3.05, 3.63) is 46.2 Å². The van der Waals surface area contributed by atoms with Gasteiger partial charge in [0.2, 0.25) is 5.88 Å². The highest BCUT2D eigenvalue weighted by molar-refractivity contribution is 7.20. The molecule has 0 saturated carbocycles. The van der Waals surface area contributed by atoms with Crippen LogP contribution < -0.4 is 9.47 Å². The largest absolute Gasteiger partial charge is 0.497 e. The first-order chi connectivity index (χ1) is 16.5. The van der Waals surface area contributed by atoms with E-state index in [0.717, 1.165) is 39.9 Å². The van der Waals surface area contributed by atoms with Crippen LogP contribution in [-0.4, -0.2) is 60.2 Å². The van der Waals surface area contributed by atoms with Gasteiger partial charge in [-0.1, -0.05) is 0 Å². The monoisotopic (exact) mass is 480 g/mol. The molecule has 0 bridgehead atoms. The number of nitrogens with one attached hydrogen (secondary N) is 1. The highest BCUT2D eigenvalue weighted by atomic mass is 32.1. The van der Waals surface area contributed by atoms with Gasteiger partial charge < -0.3 is 24.1 Å². The lowest BCUT2D eigenvalue weighted by atomic mass is 9.89. The first-order valence-electron chi connectivity index (χ1n) is 11.3. The molecule has 1 aromatic carbocycles. The number of rotatable bonds is 6. The van der Waals surface area contributed by atoms with E-state index in [1.54, 1.807) is 21.3 Å². The molecular formula is C25H28N4O4S. The number of aromatic amines is 1. The standard InChI is InChI=1S/C25H28N4O4S/c1-14-21-23(33-4)27-20(13-31-2)28-24(21)34-22(14)25(30)29-9-7-15(8-10-29)18-12-26-19-6-5-16(32-3)11-17(18)19/h5-6,11-12,15,26H,7-10,13H2,1-4H3. The molecule has 178 valence electrons. The van der Waals surface area contributed by atoms with Gasteiger partial charge in [0, 0.05) is 37.3 Å². The van der Waals surface area contributed by atoms with Crippen LogP contribution >= 0.6 is 11.3 Å².